The molecule has 1 heteroatoms. The zero-order valence-corrected chi connectivity index (χ0v) is 9.55. The highest BCUT2D eigenvalue weighted by molar-refractivity contribution is 5.23. The Hall–Kier alpha value is -0.980. The van der Waals surface area contributed by atoms with Gasteiger partial charge in [-0.25, -0.2) is 0 Å². The summed E-state index contributed by atoms with van der Waals surface area (Å²) in [4.78, 5) is 0. The van der Waals surface area contributed by atoms with Crippen LogP contribution in [0.3, 0.4) is 0 Å². The highest BCUT2D eigenvalue weighted by Gasteiger charge is 1.99. The van der Waals surface area contributed by atoms with Crippen molar-refractivity contribution in [3.05, 3.63) is 36.6 Å². The summed E-state index contributed by atoms with van der Waals surface area (Å²) in [5.74, 6) is 0.815. The van der Waals surface area contributed by atoms with Gasteiger partial charge < -0.3 is 4.74 Å². The van der Waals surface area contributed by atoms with E-state index in [0.29, 0.717) is 0 Å². The Morgan fingerprint density at radius 1 is 1.31 bits per heavy atom. The van der Waals surface area contributed by atoms with Gasteiger partial charge in [0.1, 0.15) is 5.76 Å². The van der Waals surface area contributed by atoms with Crippen molar-refractivity contribution in [2.75, 3.05) is 0 Å². The largest absolute Gasteiger partial charge is 0.491 e. The van der Waals surface area contributed by atoms with Crippen LogP contribution < -0.4 is 0 Å². The van der Waals surface area contributed by atoms with Crippen molar-refractivity contribution in [3.63, 3.8) is 0 Å². The fourth-order valence-corrected chi connectivity index (χ4v) is 0.643. The van der Waals surface area contributed by atoms with Gasteiger partial charge in [-0.3, -0.25) is 0 Å². The molecule has 0 heterocycles. The fourth-order valence-electron chi connectivity index (χ4n) is 0.643. The smallest absolute Gasteiger partial charge is 0.121 e. The highest BCUT2D eigenvalue weighted by atomic mass is 16.5. The molecule has 1 nitrogen and oxygen atoms in total. The van der Waals surface area contributed by atoms with E-state index in [-0.39, 0.29) is 6.10 Å². The molecule has 0 N–H and O–H groups in total. The van der Waals surface area contributed by atoms with E-state index in [1.807, 2.05) is 40.7 Å². The maximum Gasteiger partial charge on any atom is 0.121 e. The lowest BCUT2D eigenvalue weighted by Gasteiger charge is -2.12. The monoisotopic (exact) mass is 182 g/mol. The molecule has 0 bridgehead atoms. The first-order valence-corrected chi connectivity index (χ1v) is 4.73. The van der Waals surface area contributed by atoms with Gasteiger partial charge in [0.25, 0.3) is 0 Å². The second-order valence-electron chi connectivity index (χ2n) is 2.71. The Labute approximate surface area is 82.8 Å². The summed E-state index contributed by atoms with van der Waals surface area (Å²) in [6.45, 7) is 17.3. The lowest BCUT2D eigenvalue weighted by molar-refractivity contribution is 0.154. The lowest BCUT2D eigenvalue weighted by atomic mass is 10.2. The van der Waals surface area contributed by atoms with Crippen LogP contribution in [-0.2, 0) is 4.74 Å². The molecule has 0 amide bonds. The van der Waals surface area contributed by atoms with Crippen LogP contribution in [0.5, 0.6) is 0 Å². The second kappa shape index (κ2) is 9.11. The van der Waals surface area contributed by atoms with Gasteiger partial charge in [-0.2, -0.15) is 0 Å². The van der Waals surface area contributed by atoms with Crippen LogP contribution >= 0.6 is 0 Å². The molecule has 0 radical (unpaired) electrons. The minimum atomic E-state index is 0.192. The van der Waals surface area contributed by atoms with Gasteiger partial charge in [0, 0.05) is 0 Å². The minimum absolute atomic E-state index is 0.192. The van der Waals surface area contributed by atoms with Gasteiger partial charge >= 0.3 is 0 Å². The summed E-state index contributed by atoms with van der Waals surface area (Å²) in [5.41, 5.74) is 0.929. The average molecular weight is 182 g/mol. The molecule has 0 atom stereocenters. The molecule has 0 saturated heterocycles. The topological polar surface area (TPSA) is 9.23 Å². The van der Waals surface area contributed by atoms with E-state index in [1.165, 1.54) is 0 Å². The number of hydrogen-bond donors (Lipinski definition) is 0. The van der Waals surface area contributed by atoms with Crippen molar-refractivity contribution in [1.29, 1.82) is 0 Å². The molecule has 0 unspecified atom stereocenters. The summed E-state index contributed by atoms with van der Waals surface area (Å²) in [7, 11) is 0. The third kappa shape index (κ3) is 8.93. The summed E-state index contributed by atoms with van der Waals surface area (Å²) < 4.78 is 5.44. The molecular weight excluding hydrogens is 160 g/mol. The van der Waals surface area contributed by atoms with Crippen LogP contribution in [0.4, 0.5) is 0 Å². The van der Waals surface area contributed by atoms with Crippen LogP contribution in [0, 0.1) is 0 Å². The normalized spacial score (nSPS) is 10.2. The van der Waals surface area contributed by atoms with Crippen LogP contribution in [0.25, 0.3) is 0 Å². The van der Waals surface area contributed by atoms with E-state index in [2.05, 4.69) is 13.2 Å². The number of rotatable bonds is 4. The van der Waals surface area contributed by atoms with Crippen molar-refractivity contribution in [3.8, 4) is 0 Å². The average Bonchev–Trinajstić information content (AvgIpc) is 2.06. The molecule has 0 rings (SSSR count). The van der Waals surface area contributed by atoms with Crippen LogP contribution in [0.1, 0.15) is 34.6 Å². The van der Waals surface area contributed by atoms with E-state index in [9.17, 15) is 0 Å². The summed E-state index contributed by atoms with van der Waals surface area (Å²) in [6.07, 6.45) is 3.72. The van der Waals surface area contributed by atoms with Crippen LogP contribution in [0.15, 0.2) is 36.6 Å². The Kier molecular flexibility index (Phi) is 10.2. The molecule has 0 fully saturated rings. The van der Waals surface area contributed by atoms with Gasteiger partial charge in [-0.1, -0.05) is 33.1 Å². The fraction of sp³-hybridized carbons (Fsp3) is 0.500. The highest BCUT2D eigenvalue weighted by Crippen LogP contribution is 2.10. The zero-order chi connectivity index (χ0) is 10.9. The standard InChI is InChI=1S/C10H16O.C2H6/c1-6-7-10(8(2)3)11-9(4)5;1-2/h6-7,9H,1-2H2,3-5H3;1-2H3/b10-7+;. The zero-order valence-electron chi connectivity index (χ0n) is 9.55. The predicted octanol–water partition coefficient (Wildman–Crippen LogP) is 4.08. The second-order valence-corrected chi connectivity index (χ2v) is 2.71. The van der Waals surface area contributed by atoms with Crippen LogP contribution in [0.2, 0.25) is 0 Å². The number of allylic oxidation sites excluding steroid dienone is 3. The third-order valence-electron chi connectivity index (χ3n) is 1.05. The molecule has 13 heavy (non-hydrogen) atoms. The maximum absolute atomic E-state index is 5.44. The summed E-state index contributed by atoms with van der Waals surface area (Å²) >= 11 is 0. The van der Waals surface area contributed by atoms with Gasteiger partial charge in [-0.05, 0) is 32.4 Å². The van der Waals surface area contributed by atoms with Crippen molar-refractivity contribution in [1.82, 2.24) is 0 Å². The van der Waals surface area contributed by atoms with Crippen molar-refractivity contribution >= 4 is 0 Å². The molecule has 76 valence electrons. The molecule has 0 aromatic rings. The molecule has 0 aromatic carbocycles. The Bertz CT molecular complexity index is 176. The van der Waals surface area contributed by atoms with E-state index in [1.54, 1.807) is 6.08 Å². The van der Waals surface area contributed by atoms with Gasteiger partial charge in [-0.15, -0.1) is 0 Å². The lowest BCUT2D eigenvalue weighted by Crippen LogP contribution is -2.02. The molecule has 0 aliphatic heterocycles. The van der Waals surface area contributed by atoms with Crippen molar-refractivity contribution in [2.45, 2.75) is 40.7 Å². The predicted molar refractivity (Wildman–Crippen MR) is 60.7 cm³/mol. The molecule has 0 saturated carbocycles. The van der Waals surface area contributed by atoms with E-state index in [4.69, 9.17) is 4.74 Å². The van der Waals surface area contributed by atoms with Crippen LogP contribution in [-0.4, -0.2) is 6.10 Å². The Morgan fingerprint density at radius 2 is 1.77 bits per heavy atom. The van der Waals surface area contributed by atoms with Gasteiger partial charge in [0.2, 0.25) is 0 Å². The quantitative estimate of drug-likeness (QED) is 0.470. The SMILES string of the molecule is C=C/C=C(/OC(C)C)C(=C)C.CC. The number of ether oxygens (including phenoxy) is 1. The summed E-state index contributed by atoms with van der Waals surface area (Å²) in [5, 5.41) is 0. The van der Waals surface area contributed by atoms with E-state index in [0.717, 1.165) is 11.3 Å². The maximum atomic E-state index is 5.44. The molecular formula is C12H22O. The van der Waals surface area contributed by atoms with E-state index < -0.39 is 0 Å². The van der Waals surface area contributed by atoms with Gasteiger partial charge in [0.15, 0.2) is 0 Å². The van der Waals surface area contributed by atoms with Crippen molar-refractivity contribution in [2.24, 2.45) is 0 Å². The van der Waals surface area contributed by atoms with E-state index >= 15 is 0 Å². The number of hydrogen-bond acceptors (Lipinski definition) is 1. The first-order valence-electron chi connectivity index (χ1n) is 4.73. The molecule has 0 aliphatic rings. The molecule has 0 aliphatic carbocycles. The molecule has 0 spiro atoms. The first-order chi connectivity index (χ1) is 6.07. The van der Waals surface area contributed by atoms with Crippen molar-refractivity contribution < 1.29 is 4.74 Å². The summed E-state index contributed by atoms with van der Waals surface area (Å²) in [6, 6.07) is 0. The third-order valence-corrected chi connectivity index (χ3v) is 1.05. The molecule has 0 aromatic heterocycles. The Balaban J connectivity index is 0. The first kappa shape index (κ1) is 14.5. The van der Waals surface area contributed by atoms with Gasteiger partial charge in [0.05, 0.1) is 6.10 Å². The minimum Gasteiger partial charge on any atom is -0.491 e. The Morgan fingerprint density at radius 3 is 2.00 bits per heavy atom.